The minimum Gasteiger partial charge on any atom is -0.459 e. The van der Waals surface area contributed by atoms with E-state index in [1.165, 1.54) is 30.4 Å². The summed E-state index contributed by atoms with van der Waals surface area (Å²) in [5, 5.41) is -1.00. The number of thioether (sulfide) groups is 2. The zero-order valence-corrected chi connectivity index (χ0v) is 18.4. The van der Waals surface area contributed by atoms with Crippen LogP contribution >= 0.6 is 23.5 Å². The van der Waals surface area contributed by atoms with Crippen molar-refractivity contribution in [2.75, 3.05) is 32.1 Å². The van der Waals surface area contributed by atoms with Gasteiger partial charge in [0.05, 0.1) is 35.4 Å². The molecule has 8 nitrogen and oxygen atoms in total. The Morgan fingerprint density at radius 3 is 2.04 bits per heavy atom. The lowest BCUT2D eigenvalue weighted by Gasteiger charge is -2.40. The number of hydrogen-bond acceptors (Lipinski definition) is 10. The van der Waals surface area contributed by atoms with Gasteiger partial charge in [-0.25, -0.2) is 9.59 Å². The average Bonchev–Trinajstić information content (AvgIpc) is 2.98. The SMILES string of the molecule is CC(=O)OC1(N2CCOCC2)CSC(=C(C(=O)OC(C)C)C(=O)OC(C)C)S1. The second kappa shape index (κ2) is 10.00. The normalized spacial score (nSPS) is 23.0. The van der Waals surface area contributed by atoms with Gasteiger partial charge in [-0.05, 0) is 27.7 Å². The van der Waals surface area contributed by atoms with Gasteiger partial charge in [0.15, 0.2) is 5.57 Å². The summed E-state index contributed by atoms with van der Waals surface area (Å²) in [6, 6.07) is 0. The Morgan fingerprint density at radius 1 is 1.04 bits per heavy atom. The number of morpholine rings is 1. The Morgan fingerprint density at radius 2 is 1.57 bits per heavy atom. The fourth-order valence-corrected chi connectivity index (χ4v) is 5.79. The van der Waals surface area contributed by atoms with Gasteiger partial charge in [0.25, 0.3) is 0 Å². The maximum atomic E-state index is 12.6. The van der Waals surface area contributed by atoms with Crippen molar-refractivity contribution in [1.29, 1.82) is 0 Å². The summed E-state index contributed by atoms with van der Waals surface area (Å²) in [6.07, 6.45) is -0.771. The van der Waals surface area contributed by atoms with Crippen molar-refractivity contribution >= 4 is 41.4 Å². The molecule has 158 valence electrons. The maximum absolute atomic E-state index is 12.6. The van der Waals surface area contributed by atoms with Crippen molar-refractivity contribution in [3.8, 4) is 0 Å². The van der Waals surface area contributed by atoms with Gasteiger partial charge in [-0.15, -0.1) is 11.8 Å². The third-order valence-electron chi connectivity index (χ3n) is 3.73. The van der Waals surface area contributed by atoms with Crippen LogP contribution < -0.4 is 0 Å². The smallest absolute Gasteiger partial charge is 0.347 e. The lowest BCUT2D eigenvalue weighted by molar-refractivity contribution is -0.163. The van der Waals surface area contributed by atoms with Crippen LogP contribution in [-0.2, 0) is 33.3 Å². The van der Waals surface area contributed by atoms with E-state index in [9.17, 15) is 14.4 Å². The zero-order valence-electron chi connectivity index (χ0n) is 16.8. The molecular weight excluding hydrogens is 406 g/mol. The predicted molar refractivity (Wildman–Crippen MR) is 106 cm³/mol. The van der Waals surface area contributed by atoms with E-state index in [-0.39, 0.29) is 17.8 Å². The highest BCUT2D eigenvalue weighted by atomic mass is 32.2. The van der Waals surface area contributed by atoms with E-state index in [0.717, 1.165) is 0 Å². The molecule has 0 N–H and O–H groups in total. The second-order valence-corrected chi connectivity index (χ2v) is 9.36. The molecule has 2 aliphatic rings. The van der Waals surface area contributed by atoms with Crippen LogP contribution in [0.1, 0.15) is 34.6 Å². The first-order valence-electron chi connectivity index (χ1n) is 9.15. The zero-order chi connectivity index (χ0) is 20.9. The van der Waals surface area contributed by atoms with E-state index in [4.69, 9.17) is 18.9 Å². The summed E-state index contributed by atoms with van der Waals surface area (Å²) in [4.78, 5) is 39.0. The van der Waals surface area contributed by atoms with Crippen LogP contribution in [0.4, 0.5) is 0 Å². The molecule has 0 aliphatic carbocycles. The van der Waals surface area contributed by atoms with Crippen molar-refractivity contribution in [1.82, 2.24) is 4.90 Å². The number of rotatable bonds is 6. The average molecular weight is 434 g/mol. The van der Waals surface area contributed by atoms with Gasteiger partial charge in [0.1, 0.15) is 0 Å². The van der Waals surface area contributed by atoms with Gasteiger partial charge in [-0.1, -0.05) is 11.8 Å². The highest BCUT2D eigenvalue weighted by Crippen LogP contribution is 2.53. The van der Waals surface area contributed by atoms with E-state index >= 15 is 0 Å². The van der Waals surface area contributed by atoms with Crippen molar-refractivity contribution in [3.63, 3.8) is 0 Å². The Hall–Kier alpha value is -1.23. The molecule has 1 atom stereocenters. The van der Waals surface area contributed by atoms with Gasteiger partial charge < -0.3 is 18.9 Å². The lowest BCUT2D eigenvalue weighted by Crippen LogP contribution is -2.54. The molecule has 2 aliphatic heterocycles. The van der Waals surface area contributed by atoms with Crippen molar-refractivity contribution in [2.45, 2.75) is 51.9 Å². The Labute approximate surface area is 173 Å². The van der Waals surface area contributed by atoms with Gasteiger partial charge >= 0.3 is 17.9 Å². The topological polar surface area (TPSA) is 91.4 Å². The summed E-state index contributed by atoms with van der Waals surface area (Å²) in [5.74, 6) is -1.54. The monoisotopic (exact) mass is 433 g/mol. The maximum Gasteiger partial charge on any atom is 0.347 e. The third-order valence-corrected chi connectivity index (χ3v) is 6.71. The Balaban J connectivity index is 2.38. The Kier molecular flexibility index (Phi) is 8.23. The number of nitrogens with zero attached hydrogens (tertiary/aromatic N) is 1. The van der Waals surface area contributed by atoms with Gasteiger partial charge in [-0.2, -0.15) is 0 Å². The molecule has 0 radical (unpaired) electrons. The predicted octanol–water partition coefficient (Wildman–Crippen LogP) is 2.13. The molecule has 2 rings (SSSR count). The van der Waals surface area contributed by atoms with Crippen LogP contribution in [0.2, 0.25) is 0 Å². The van der Waals surface area contributed by atoms with Crippen LogP contribution in [0.3, 0.4) is 0 Å². The quantitative estimate of drug-likeness (QED) is 0.204. The molecule has 2 saturated heterocycles. The van der Waals surface area contributed by atoms with Crippen molar-refractivity contribution < 1.29 is 33.3 Å². The van der Waals surface area contributed by atoms with Crippen LogP contribution in [0.15, 0.2) is 9.81 Å². The molecule has 2 fully saturated rings. The first-order chi connectivity index (χ1) is 13.1. The summed E-state index contributed by atoms with van der Waals surface area (Å²) in [5.41, 5.74) is -0.153. The molecule has 0 saturated carbocycles. The van der Waals surface area contributed by atoms with Gasteiger partial charge in [0.2, 0.25) is 5.06 Å². The number of carbonyl (C=O) groups is 3. The standard InChI is InChI=1S/C18H27NO7S2/c1-11(2)24-15(21)14(16(22)25-12(3)4)17-27-10-18(28-17,26-13(5)20)19-6-8-23-9-7-19/h11-12H,6-10H2,1-5H3. The summed E-state index contributed by atoms with van der Waals surface area (Å²) >= 11 is 2.47. The van der Waals surface area contributed by atoms with Crippen molar-refractivity contribution in [2.24, 2.45) is 0 Å². The first-order valence-corrected chi connectivity index (χ1v) is 10.9. The van der Waals surface area contributed by atoms with E-state index < -0.39 is 23.0 Å². The van der Waals surface area contributed by atoms with E-state index in [1.807, 2.05) is 4.90 Å². The van der Waals surface area contributed by atoms with Crippen LogP contribution in [0.25, 0.3) is 0 Å². The number of esters is 3. The molecule has 0 aromatic carbocycles. The minimum absolute atomic E-state index is 0.153. The molecule has 1 unspecified atom stereocenters. The molecule has 0 bridgehead atoms. The lowest BCUT2D eigenvalue weighted by atomic mass is 10.3. The fourth-order valence-electron chi connectivity index (χ4n) is 2.68. The molecule has 2 heterocycles. The molecule has 0 aromatic heterocycles. The van der Waals surface area contributed by atoms with Gasteiger partial charge in [0, 0.05) is 20.0 Å². The van der Waals surface area contributed by atoms with Crippen molar-refractivity contribution in [3.05, 3.63) is 9.81 Å². The third kappa shape index (κ3) is 5.88. The molecule has 0 spiro atoms. The van der Waals surface area contributed by atoms with Crippen LogP contribution in [0.5, 0.6) is 0 Å². The highest BCUT2D eigenvalue weighted by molar-refractivity contribution is 8.26. The van der Waals surface area contributed by atoms with Crippen LogP contribution in [0, 0.1) is 0 Å². The second-order valence-electron chi connectivity index (χ2n) is 6.87. The number of carbonyl (C=O) groups excluding carboxylic acids is 3. The molecular formula is C18H27NO7S2. The van der Waals surface area contributed by atoms with Gasteiger partial charge in [-0.3, -0.25) is 9.69 Å². The van der Waals surface area contributed by atoms with Crippen LogP contribution in [-0.4, -0.2) is 72.1 Å². The minimum atomic E-state index is -1.00. The largest absolute Gasteiger partial charge is 0.459 e. The summed E-state index contributed by atoms with van der Waals surface area (Å²) in [6.45, 7) is 10.4. The number of ether oxygens (including phenoxy) is 4. The Bertz CT molecular complexity index is 620. The van der Waals surface area contributed by atoms with E-state index in [2.05, 4.69) is 0 Å². The molecule has 28 heavy (non-hydrogen) atoms. The first kappa shape index (κ1) is 23.1. The highest BCUT2D eigenvalue weighted by Gasteiger charge is 2.49. The molecule has 0 amide bonds. The summed E-state index contributed by atoms with van der Waals surface area (Å²) < 4.78 is 22.0. The van der Waals surface area contributed by atoms with E-state index in [0.29, 0.717) is 36.3 Å². The summed E-state index contributed by atoms with van der Waals surface area (Å²) in [7, 11) is 0. The fraction of sp³-hybridized carbons (Fsp3) is 0.722. The number of hydrogen-bond donors (Lipinski definition) is 0. The molecule has 0 aromatic rings. The molecule has 10 heteroatoms. The van der Waals surface area contributed by atoms with E-state index in [1.54, 1.807) is 27.7 Å².